The quantitative estimate of drug-likeness (QED) is 0.0486. The molecule has 0 radical (unpaired) electrons. The van der Waals surface area contributed by atoms with Crippen LogP contribution in [-0.2, 0) is 19.7 Å². The summed E-state index contributed by atoms with van der Waals surface area (Å²) in [5.41, 5.74) is 0. The number of ketones is 1. The zero-order valence-corrected chi connectivity index (χ0v) is 27.1. The molecule has 0 rings (SSSR count). The van der Waals surface area contributed by atoms with Crippen LogP contribution in [0.3, 0.4) is 0 Å². The first kappa shape index (κ1) is 39.0. The normalized spacial score (nSPS) is 13.6. The molecule has 2 unspecified atom stereocenters. The molecule has 1 amide bonds. The lowest BCUT2D eigenvalue weighted by Gasteiger charge is -2.23. The molecule has 8 heteroatoms. The van der Waals surface area contributed by atoms with Gasteiger partial charge >= 0.3 is 0 Å². The lowest BCUT2D eigenvalue weighted by atomic mass is 10.0. The Morgan fingerprint density at radius 3 is 1.32 bits per heavy atom. The van der Waals surface area contributed by atoms with Crippen molar-refractivity contribution in [3.8, 4) is 0 Å². The minimum Gasteiger partial charge on any atom is -0.391 e. The molecule has 238 valence electrons. The molecule has 0 bridgehead atoms. The average Bonchev–Trinajstić information content (AvgIpc) is 2.86. The maximum Gasteiger partial charge on any atom is 0.287 e. The van der Waals surface area contributed by atoms with Crippen molar-refractivity contribution in [2.24, 2.45) is 11.8 Å². The van der Waals surface area contributed by atoms with Crippen molar-refractivity contribution < 1.29 is 27.7 Å². The second kappa shape index (κ2) is 24.6. The molecular formula is C32H63NO6S. The van der Waals surface area contributed by atoms with E-state index in [0.29, 0.717) is 19.3 Å². The van der Waals surface area contributed by atoms with Crippen LogP contribution in [-0.4, -0.2) is 47.7 Å². The monoisotopic (exact) mass is 589 g/mol. The number of hydrogen-bond donors (Lipinski definition) is 3. The van der Waals surface area contributed by atoms with Crippen molar-refractivity contribution in [3.63, 3.8) is 0 Å². The minimum absolute atomic E-state index is 0.104. The number of Topliss-reactive ketones (excluding diaryl/α,β-unsaturated/α-hetero) is 1. The Bertz CT molecular complexity index is 738. The molecule has 7 nitrogen and oxygen atoms in total. The topological polar surface area (TPSA) is 121 Å². The third-order valence-electron chi connectivity index (χ3n) is 7.64. The summed E-state index contributed by atoms with van der Waals surface area (Å²) in [5.74, 6) is -0.752. The van der Waals surface area contributed by atoms with Crippen LogP contribution in [0.4, 0.5) is 0 Å². The number of aliphatic hydroxyl groups is 1. The van der Waals surface area contributed by atoms with Gasteiger partial charge in [0.2, 0.25) is 5.78 Å². The second-order valence-corrected chi connectivity index (χ2v) is 14.2. The predicted octanol–water partition coefficient (Wildman–Crippen LogP) is 7.79. The largest absolute Gasteiger partial charge is 0.391 e. The van der Waals surface area contributed by atoms with Crippen molar-refractivity contribution in [2.45, 2.75) is 175 Å². The van der Waals surface area contributed by atoms with Crippen LogP contribution >= 0.6 is 0 Å². The Hall–Kier alpha value is -0.990. The molecule has 0 aromatic rings. The van der Waals surface area contributed by atoms with Crippen LogP contribution < -0.4 is 5.32 Å². The molecule has 0 aliphatic carbocycles. The van der Waals surface area contributed by atoms with Gasteiger partial charge in [0.1, 0.15) is 0 Å². The Kier molecular flexibility index (Phi) is 24.0. The Morgan fingerprint density at radius 1 is 0.600 bits per heavy atom. The molecule has 0 aromatic carbocycles. The summed E-state index contributed by atoms with van der Waals surface area (Å²) < 4.78 is 32.2. The molecule has 0 aliphatic rings. The summed E-state index contributed by atoms with van der Waals surface area (Å²) in [4.78, 5) is 24.7. The SMILES string of the molecule is CC(C)CCCCCCCCCCCC(O)C(CS(=O)(=O)O)NC(=O)C(=O)CCCCCCCCCCC(C)C. The van der Waals surface area contributed by atoms with Gasteiger partial charge in [0.05, 0.1) is 17.9 Å². The molecule has 0 fully saturated rings. The Labute approximate surface area is 246 Å². The zero-order valence-electron chi connectivity index (χ0n) is 26.3. The fourth-order valence-electron chi connectivity index (χ4n) is 5.08. The van der Waals surface area contributed by atoms with E-state index in [1.165, 1.54) is 70.6 Å². The van der Waals surface area contributed by atoms with E-state index in [9.17, 15) is 27.7 Å². The first-order valence-corrected chi connectivity index (χ1v) is 18.0. The molecule has 0 spiro atoms. The highest BCUT2D eigenvalue weighted by Crippen LogP contribution is 2.16. The number of nitrogens with one attached hydrogen (secondary N) is 1. The van der Waals surface area contributed by atoms with Gasteiger partial charge in [-0.15, -0.1) is 0 Å². The molecule has 0 heterocycles. The average molecular weight is 590 g/mol. The van der Waals surface area contributed by atoms with Crippen molar-refractivity contribution in [1.29, 1.82) is 0 Å². The van der Waals surface area contributed by atoms with Crippen LogP contribution in [0, 0.1) is 11.8 Å². The van der Waals surface area contributed by atoms with Crippen molar-refractivity contribution >= 4 is 21.8 Å². The predicted molar refractivity (Wildman–Crippen MR) is 166 cm³/mol. The maximum atomic E-state index is 12.4. The summed E-state index contributed by atoms with van der Waals surface area (Å²) in [6, 6.07) is -1.20. The highest BCUT2D eigenvalue weighted by molar-refractivity contribution is 7.85. The molecule has 0 aliphatic heterocycles. The number of carbonyl (C=O) groups is 2. The lowest BCUT2D eigenvalue weighted by Crippen LogP contribution is -2.49. The van der Waals surface area contributed by atoms with E-state index in [-0.39, 0.29) is 6.42 Å². The van der Waals surface area contributed by atoms with Gasteiger partial charge in [-0.25, -0.2) is 0 Å². The van der Waals surface area contributed by atoms with E-state index in [1.54, 1.807) is 0 Å². The Balaban J connectivity index is 4.15. The summed E-state index contributed by atoms with van der Waals surface area (Å²) >= 11 is 0. The van der Waals surface area contributed by atoms with E-state index in [4.69, 9.17) is 0 Å². The van der Waals surface area contributed by atoms with Crippen molar-refractivity contribution in [1.82, 2.24) is 5.32 Å². The van der Waals surface area contributed by atoms with Crippen molar-refractivity contribution in [2.75, 3.05) is 5.75 Å². The minimum atomic E-state index is -4.42. The van der Waals surface area contributed by atoms with E-state index in [2.05, 4.69) is 33.0 Å². The number of hydrogen-bond acceptors (Lipinski definition) is 5. The molecule has 3 N–H and O–H groups in total. The van der Waals surface area contributed by atoms with Gasteiger partial charge in [-0.1, -0.05) is 143 Å². The lowest BCUT2D eigenvalue weighted by molar-refractivity contribution is -0.138. The third kappa shape index (κ3) is 25.9. The van der Waals surface area contributed by atoms with Crippen LogP contribution in [0.5, 0.6) is 0 Å². The fourth-order valence-corrected chi connectivity index (χ4v) is 5.84. The van der Waals surface area contributed by atoms with Crippen LogP contribution in [0.15, 0.2) is 0 Å². The molecule has 40 heavy (non-hydrogen) atoms. The molecule has 0 saturated carbocycles. The summed E-state index contributed by atoms with van der Waals surface area (Å²) in [7, 11) is -4.42. The highest BCUT2D eigenvalue weighted by atomic mass is 32.2. The second-order valence-electron chi connectivity index (χ2n) is 12.7. The standard InChI is InChI=1S/C32H63NO6S/c1-27(2)22-18-14-10-6-5-7-12-16-20-24-30(34)29(26-40(37,38)39)33-32(36)31(35)25-21-17-13-9-8-11-15-19-23-28(3)4/h27-30,34H,5-26H2,1-4H3,(H,33,36)(H,37,38,39). The van der Waals surface area contributed by atoms with Gasteiger partial charge in [0.15, 0.2) is 0 Å². The molecular weight excluding hydrogens is 526 g/mol. The first-order valence-electron chi connectivity index (χ1n) is 16.4. The van der Waals surface area contributed by atoms with E-state index < -0.39 is 39.7 Å². The highest BCUT2D eigenvalue weighted by Gasteiger charge is 2.28. The summed E-state index contributed by atoms with van der Waals surface area (Å²) in [6.07, 6.45) is 20.6. The zero-order chi connectivity index (χ0) is 30.2. The number of amides is 1. The van der Waals surface area contributed by atoms with Gasteiger partial charge in [0.25, 0.3) is 16.0 Å². The van der Waals surface area contributed by atoms with Crippen LogP contribution in [0.1, 0.15) is 163 Å². The number of unbranched alkanes of at least 4 members (excludes halogenated alkanes) is 15. The molecule has 2 atom stereocenters. The third-order valence-corrected chi connectivity index (χ3v) is 8.42. The number of aliphatic hydroxyl groups excluding tert-OH is 1. The van der Waals surface area contributed by atoms with E-state index in [0.717, 1.165) is 50.4 Å². The van der Waals surface area contributed by atoms with Gasteiger partial charge in [0, 0.05) is 6.42 Å². The van der Waals surface area contributed by atoms with E-state index >= 15 is 0 Å². The fraction of sp³-hybridized carbons (Fsp3) is 0.938. The molecule has 0 aromatic heterocycles. The van der Waals surface area contributed by atoms with Gasteiger partial charge < -0.3 is 10.4 Å². The summed E-state index contributed by atoms with van der Waals surface area (Å²) in [5, 5.41) is 12.9. The van der Waals surface area contributed by atoms with Crippen LogP contribution in [0.2, 0.25) is 0 Å². The van der Waals surface area contributed by atoms with Crippen LogP contribution in [0.25, 0.3) is 0 Å². The first-order chi connectivity index (χ1) is 18.9. The maximum absolute atomic E-state index is 12.4. The van der Waals surface area contributed by atoms with Gasteiger partial charge in [-0.2, -0.15) is 8.42 Å². The molecule has 0 saturated heterocycles. The van der Waals surface area contributed by atoms with Crippen molar-refractivity contribution in [3.05, 3.63) is 0 Å². The smallest absolute Gasteiger partial charge is 0.287 e. The number of rotatable bonds is 28. The van der Waals surface area contributed by atoms with E-state index in [1.807, 2.05) is 0 Å². The Morgan fingerprint density at radius 2 is 0.950 bits per heavy atom. The number of carbonyl (C=O) groups excluding carboxylic acids is 2. The van der Waals surface area contributed by atoms with Gasteiger partial charge in [-0.05, 0) is 24.7 Å². The summed E-state index contributed by atoms with van der Waals surface area (Å²) in [6.45, 7) is 9.02. The van der Waals surface area contributed by atoms with Gasteiger partial charge in [-0.3, -0.25) is 14.1 Å².